The first-order valence-electron chi connectivity index (χ1n) is 4.99. The van der Waals surface area contributed by atoms with Gasteiger partial charge in [0.25, 0.3) is 0 Å². The Balaban J connectivity index is 2.10. The first kappa shape index (κ1) is 13.6. The highest BCUT2D eigenvalue weighted by atomic mass is 79.9. The smallest absolute Gasteiger partial charge is 0.0843 e. The van der Waals surface area contributed by atoms with Crippen molar-refractivity contribution in [1.29, 1.82) is 0 Å². The van der Waals surface area contributed by atoms with Crippen molar-refractivity contribution >= 4 is 43.2 Å². The van der Waals surface area contributed by atoms with Crippen LogP contribution in [0.1, 0.15) is 24.1 Å². The van der Waals surface area contributed by atoms with E-state index in [1.165, 1.54) is 4.88 Å². The molecule has 15 heavy (non-hydrogen) atoms. The predicted molar refractivity (Wildman–Crippen MR) is 72.4 cm³/mol. The zero-order valence-electron chi connectivity index (χ0n) is 8.43. The number of nitrogens with one attached hydrogen (secondary N) is 1. The van der Waals surface area contributed by atoms with Crippen molar-refractivity contribution in [2.45, 2.75) is 25.8 Å². The fraction of sp³-hybridized carbons (Fsp3) is 0.600. The topological polar surface area (TPSA) is 32.3 Å². The summed E-state index contributed by atoms with van der Waals surface area (Å²) < 4.78 is 2.28. The van der Waals surface area contributed by atoms with Crippen LogP contribution in [-0.2, 0) is 6.54 Å². The normalized spacial score (nSPS) is 10.9. The summed E-state index contributed by atoms with van der Waals surface area (Å²) in [6.07, 6.45) is 3.15. The summed E-state index contributed by atoms with van der Waals surface area (Å²) in [4.78, 5) is 1.33. The molecular formula is C10H15Br2NOS. The molecule has 0 spiro atoms. The van der Waals surface area contributed by atoms with Crippen molar-refractivity contribution in [3.63, 3.8) is 0 Å². The summed E-state index contributed by atoms with van der Waals surface area (Å²) in [5, 5.41) is 12.0. The molecule has 2 N–H and O–H groups in total. The zero-order valence-corrected chi connectivity index (χ0v) is 12.4. The van der Waals surface area contributed by atoms with E-state index in [9.17, 15) is 0 Å². The van der Waals surface area contributed by atoms with Gasteiger partial charge in [-0.15, -0.1) is 11.3 Å². The number of unbranched alkanes of at least 4 members (excludes halogenated alkanes) is 2. The number of hydrogen-bond donors (Lipinski definition) is 2. The average molecular weight is 357 g/mol. The maximum atomic E-state index is 8.60. The van der Waals surface area contributed by atoms with Crippen molar-refractivity contribution in [3.05, 3.63) is 19.2 Å². The van der Waals surface area contributed by atoms with Crippen LogP contribution in [0.25, 0.3) is 0 Å². The molecular weight excluding hydrogens is 342 g/mol. The summed E-state index contributed by atoms with van der Waals surface area (Å²) in [6, 6.07) is 2.13. The third-order valence-corrected chi connectivity index (χ3v) is 5.26. The highest BCUT2D eigenvalue weighted by molar-refractivity contribution is 9.13. The Bertz CT molecular complexity index is 271. The molecule has 0 aromatic carbocycles. The van der Waals surface area contributed by atoms with Crippen LogP contribution >= 0.6 is 43.2 Å². The Morgan fingerprint density at radius 3 is 2.67 bits per heavy atom. The quantitative estimate of drug-likeness (QED) is 0.732. The minimum Gasteiger partial charge on any atom is -0.396 e. The van der Waals surface area contributed by atoms with E-state index in [0.29, 0.717) is 6.61 Å². The van der Waals surface area contributed by atoms with E-state index < -0.39 is 0 Å². The number of aliphatic hydroxyl groups excluding tert-OH is 1. The van der Waals surface area contributed by atoms with Crippen LogP contribution in [-0.4, -0.2) is 18.3 Å². The number of halogens is 2. The zero-order chi connectivity index (χ0) is 11.1. The van der Waals surface area contributed by atoms with Gasteiger partial charge in [-0.05, 0) is 63.7 Å². The van der Waals surface area contributed by atoms with Crippen LogP contribution in [0.4, 0.5) is 0 Å². The molecule has 0 bridgehead atoms. The fourth-order valence-corrected chi connectivity index (χ4v) is 3.38. The monoisotopic (exact) mass is 355 g/mol. The summed E-state index contributed by atoms with van der Waals surface area (Å²) in [6.45, 7) is 2.26. The number of aliphatic hydroxyl groups is 1. The lowest BCUT2D eigenvalue weighted by Gasteiger charge is -2.01. The number of rotatable bonds is 7. The molecule has 0 fully saturated rings. The molecule has 0 saturated heterocycles. The van der Waals surface area contributed by atoms with E-state index in [1.807, 2.05) is 0 Å². The molecule has 0 unspecified atom stereocenters. The second-order valence-electron chi connectivity index (χ2n) is 3.30. The minimum atomic E-state index is 0.310. The van der Waals surface area contributed by atoms with E-state index in [2.05, 4.69) is 43.2 Å². The van der Waals surface area contributed by atoms with E-state index in [1.54, 1.807) is 11.3 Å². The first-order chi connectivity index (χ1) is 7.24. The van der Waals surface area contributed by atoms with Crippen molar-refractivity contribution in [2.24, 2.45) is 0 Å². The maximum absolute atomic E-state index is 8.60. The molecule has 0 aliphatic heterocycles. The lowest BCUT2D eigenvalue weighted by molar-refractivity contribution is 0.283. The first-order valence-corrected chi connectivity index (χ1v) is 7.39. The van der Waals surface area contributed by atoms with E-state index in [4.69, 9.17) is 5.11 Å². The predicted octanol–water partition coefficient (Wildman–Crippen LogP) is 3.53. The molecule has 1 aromatic heterocycles. The Labute approximate surface area is 111 Å². The Hall–Kier alpha value is 0.580. The molecule has 1 rings (SSSR count). The lowest BCUT2D eigenvalue weighted by atomic mass is 10.2. The molecule has 0 saturated carbocycles. The standard InChI is InChI=1S/C10H15Br2NOS/c11-9-6-8(15-10(9)12)7-13-4-2-1-3-5-14/h6,13-14H,1-5,7H2. The molecule has 1 aromatic rings. The molecule has 0 amide bonds. The van der Waals surface area contributed by atoms with Crippen LogP contribution in [0.15, 0.2) is 14.3 Å². The summed E-state index contributed by atoms with van der Waals surface area (Å²) in [5.41, 5.74) is 0. The van der Waals surface area contributed by atoms with E-state index >= 15 is 0 Å². The van der Waals surface area contributed by atoms with Crippen molar-refractivity contribution < 1.29 is 5.11 Å². The van der Waals surface area contributed by atoms with E-state index in [-0.39, 0.29) is 0 Å². The third kappa shape index (κ3) is 5.45. The van der Waals surface area contributed by atoms with Crippen LogP contribution in [0.3, 0.4) is 0 Å². The summed E-state index contributed by atoms with van der Waals surface area (Å²) >= 11 is 8.69. The number of thiophene rings is 1. The van der Waals surface area contributed by atoms with E-state index in [0.717, 1.165) is 40.6 Å². The van der Waals surface area contributed by atoms with Crippen molar-refractivity contribution in [2.75, 3.05) is 13.2 Å². The fourth-order valence-electron chi connectivity index (χ4n) is 1.23. The van der Waals surface area contributed by atoms with Gasteiger partial charge in [0.15, 0.2) is 0 Å². The highest BCUT2D eigenvalue weighted by Crippen LogP contribution is 2.32. The van der Waals surface area contributed by atoms with Gasteiger partial charge in [0.2, 0.25) is 0 Å². The summed E-state index contributed by atoms with van der Waals surface area (Å²) in [7, 11) is 0. The lowest BCUT2D eigenvalue weighted by Crippen LogP contribution is -2.13. The molecule has 86 valence electrons. The van der Waals surface area contributed by atoms with Crippen molar-refractivity contribution in [1.82, 2.24) is 5.32 Å². The molecule has 0 aliphatic carbocycles. The van der Waals surface area contributed by atoms with Gasteiger partial charge in [-0.2, -0.15) is 0 Å². The van der Waals surface area contributed by atoms with Gasteiger partial charge in [0.05, 0.1) is 3.79 Å². The van der Waals surface area contributed by atoms with Crippen LogP contribution < -0.4 is 5.32 Å². The molecule has 5 heteroatoms. The maximum Gasteiger partial charge on any atom is 0.0843 e. The van der Waals surface area contributed by atoms with Gasteiger partial charge < -0.3 is 10.4 Å². The molecule has 1 heterocycles. The van der Waals surface area contributed by atoms with Gasteiger partial charge in [0.1, 0.15) is 0 Å². The molecule has 0 aliphatic rings. The molecule has 2 nitrogen and oxygen atoms in total. The Morgan fingerprint density at radius 1 is 1.27 bits per heavy atom. The van der Waals surface area contributed by atoms with Gasteiger partial charge in [0, 0.05) is 22.5 Å². The second kappa shape index (κ2) is 7.79. The van der Waals surface area contributed by atoms with Crippen LogP contribution in [0, 0.1) is 0 Å². The van der Waals surface area contributed by atoms with Crippen LogP contribution in [0.5, 0.6) is 0 Å². The van der Waals surface area contributed by atoms with Crippen molar-refractivity contribution in [3.8, 4) is 0 Å². The molecule has 0 radical (unpaired) electrons. The molecule has 0 atom stereocenters. The third-order valence-electron chi connectivity index (χ3n) is 2.01. The summed E-state index contributed by atoms with van der Waals surface area (Å²) in [5.74, 6) is 0. The Kier molecular flexibility index (Phi) is 7.08. The Morgan fingerprint density at radius 2 is 2.07 bits per heavy atom. The highest BCUT2D eigenvalue weighted by Gasteiger charge is 2.02. The minimum absolute atomic E-state index is 0.310. The van der Waals surface area contributed by atoms with Gasteiger partial charge in [-0.3, -0.25) is 0 Å². The largest absolute Gasteiger partial charge is 0.396 e. The average Bonchev–Trinajstić information content (AvgIpc) is 2.52. The second-order valence-corrected chi connectivity index (χ2v) is 6.60. The number of hydrogen-bond acceptors (Lipinski definition) is 3. The van der Waals surface area contributed by atoms with Gasteiger partial charge >= 0.3 is 0 Å². The van der Waals surface area contributed by atoms with Crippen LogP contribution in [0.2, 0.25) is 0 Å². The SMILES string of the molecule is OCCCCCNCc1cc(Br)c(Br)s1. The van der Waals surface area contributed by atoms with Gasteiger partial charge in [-0.25, -0.2) is 0 Å². The van der Waals surface area contributed by atoms with Gasteiger partial charge in [-0.1, -0.05) is 0 Å².